The number of nitrogens with one attached hydrogen (secondary N) is 1. The molecule has 1 N–H and O–H groups in total. The molecule has 33 heavy (non-hydrogen) atoms. The summed E-state index contributed by atoms with van der Waals surface area (Å²) in [6.45, 7) is 3.90. The molecule has 0 saturated carbocycles. The van der Waals surface area contributed by atoms with Gasteiger partial charge in [-0.05, 0) is 42.5 Å². The maximum Gasteiger partial charge on any atom is 0.491 e. The van der Waals surface area contributed by atoms with E-state index >= 15 is 0 Å². The number of carbonyl (C=O) groups excluding carboxylic acids is 1. The lowest BCUT2D eigenvalue weighted by molar-refractivity contribution is -0.394. The number of nitro groups is 1. The van der Waals surface area contributed by atoms with E-state index in [1.807, 2.05) is 0 Å². The normalized spacial score (nSPS) is 11.0. The number of anilines is 1. The predicted molar refractivity (Wildman–Crippen MR) is 114 cm³/mol. The average molecular weight is 474 g/mol. The molecule has 0 aliphatic rings. The van der Waals surface area contributed by atoms with E-state index in [1.165, 1.54) is 33.9 Å². The van der Waals surface area contributed by atoms with Crippen LogP contribution in [-0.2, 0) is 13.2 Å². The van der Waals surface area contributed by atoms with Gasteiger partial charge in [-0.2, -0.15) is 14.9 Å². The Labute approximate surface area is 190 Å². The van der Waals surface area contributed by atoms with Gasteiger partial charge in [0, 0.05) is 16.3 Å². The summed E-state index contributed by atoms with van der Waals surface area (Å²) >= 11 is 6.12. The molecule has 0 aliphatic heterocycles. The van der Waals surface area contributed by atoms with Gasteiger partial charge in [-0.1, -0.05) is 22.7 Å². The number of hydrogen-bond acceptors (Lipinski definition) is 7. The SMILES string of the molecule is Cc1nn(Cc2ccc(F)cc2Cl)c(C)c1NC(=O)c1ccn(Cn2cnc([N+](=O)[O-])n2)n1. The second kappa shape index (κ2) is 8.78. The lowest BCUT2D eigenvalue weighted by Crippen LogP contribution is -2.16. The zero-order valence-electron chi connectivity index (χ0n) is 17.4. The van der Waals surface area contributed by atoms with Gasteiger partial charge in [0.15, 0.2) is 12.4 Å². The Morgan fingerprint density at radius 3 is 2.70 bits per heavy atom. The molecule has 0 bridgehead atoms. The van der Waals surface area contributed by atoms with Crippen LogP contribution in [-0.4, -0.2) is 45.2 Å². The summed E-state index contributed by atoms with van der Waals surface area (Å²) in [6, 6.07) is 5.65. The van der Waals surface area contributed by atoms with Crippen molar-refractivity contribution in [2.24, 2.45) is 0 Å². The molecule has 1 amide bonds. The largest absolute Gasteiger partial charge is 0.491 e. The molecule has 0 fully saturated rings. The van der Waals surface area contributed by atoms with Crippen LogP contribution in [0.4, 0.5) is 16.0 Å². The Morgan fingerprint density at radius 2 is 2.00 bits per heavy atom. The molecule has 0 aliphatic carbocycles. The summed E-state index contributed by atoms with van der Waals surface area (Å²) in [6.07, 6.45) is 2.75. The molecule has 1 aromatic carbocycles. The van der Waals surface area contributed by atoms with Gasteiger partial charge in [-0.3, -0.25) is 9.48 Å². The molecule has 170 valence electrons. The Kier molecular flexibility index (Phi) is 5.87. The number of amides is 1. The van der Waals surface area contributed by atoms with Gasteiger partial charge in [0.1, 0.15) is 5.82 Å². The second-order valence-corrected chi connectivity index (χ2v) is 7.52. The van der Waals surface area contributed by atoms with E-state index in [1.54, 1.807) is 30.8 Å². The predicted octanol–water partition coefficient (Wildman–Crippen LogP) is 2.80. The summed E-state index contributed by atoms with van der Waals surface area (Å²) in [4.78, 5) is 26.3. The van der Waals surface area contributed by atoms with E-state index in [9.17, 15) is 19.3 Å². The van der Waals surface area contributed by atoms with Crippen LogP contribution < -0.4 is 5.32 Å². The first-order valence-corrected chi connectivity index (χ1v) is 9.95. The van der Waals surface area contributed by atoms with Gasteiger partial charge < -0.3 is 15.4 Å². The number of rotatable bonds is 7. The van der Waals surface area contributed by atoms with E-state index in [0.29, 0.717) is 29.2 Å². The molecular weight excluding hydrogens is 457 g/mol. The quantitative estimate of drug-likeness (QED) is 0.321. The van der Waals surface area contributed by atoms with Crippen LogP contribution in [0.15, 0.2) is 36.8 Å². The van der Waals surface area contributed by atoms with Crippen molar-refractivity contribution in [3.05, 3.63) is 80.4 Å². The minimum Gasteiger partial charge on any atom is -0.390 e. The molecule has 4 aromatic rings. The fourth-order valence-corrected chi connectivity index (χ4v) is 3.39. The summed E-state index contributed by atoms with van der Waals surface area (Å²) < 4.78 is 17.6. The maximum atomic E-state index is 13.3. The van der Waals surface area contributed by atoms with Crippen LogP contribution in [0.5, 0.6) is 0 Å². The van der Waals surface area contributed by atoms with Crippen molar-refractivity contribution in [3.8, 4) is 0 Å². The van der Waals surface area contributed by atoms with Crippen LogP contribution in [0.2, 0.25) is 5.02 Å². The van der Waals surface area contributed by atoms with Gasteiger partial charge in [-0.15, -0.1) is 0 Å². The van der Waals surface area contributed by atoms with Gasteiger partial charge in [0.05, 0.1) is 23.6 Å². The topological polar surface area (TPSA) is 139 Å². The highest BCUT2D eigenvalue weighted by atomic mass is 35.5. The van der Waals surface area contributed by atoms with Crippen molar-refractivity contribution in [1.82, 2.24) is 34.3 Å². The Morgan fingerprint density at radius 1 is 1.21 bits per heavy atom. The van der Waals surface area contributed by atoms with Crippen molar-refractivity contribution in [3.63, 3.8) is 0 Å². The van der Waals surface area contributed by atoms with Gasteiger partial charge in [-0.25, -0.2) is 9.07 Å². The minimum atomic E-state index is -0.701. The van der Waals surface area contributed by atoms with E-state index < -0.39 is 22.6 Å². The highest BCUT2D eigenvalue weighted by Crippen LogP contribution is 2.24. The maximum absolute atomic E-state index is 13.3. The van der Waals surface area contributed by atoms with Gasteiger partial charge >= 0.3 is 5.95 Å². The highest BCUT2D eigenvalue weighted by molar-refractivity contribution is 6.31. The molecule has 12 nitrogen and oxygen atoms in total. The van der Waals surface area contributed by atoms with Crippen molar-refractivity contribution in [1.29, 1.82) is 0 Å². The van der Waals surface area contributed by atoms with Gasteiger partial charge in [0.2, 0.25) is 6.33 Å². The first kappa shape index (κ1) is 22.1. The Bertz CT molecular complexity index is 1360. The van der Waals surface area contributed by atoms with Crippen LogP contribution in [0, 0.1) is 29.8 Å². The van der Waals surface area contributed by atoms with E-state index in [0.717, 1.165) is 0 Å². The van der Waals surface area contributed by atoms with E-state index in [-0.39, 0.29) is 17.4 Å². The third-order valence-electron chi connectivity index (χ3n) is 4.81. The molecule has 3 heterocycles. The fraction of sp³-hybridized carbons (Fsp3) is 0.211. The van der Waals surface area contributed by atoms with Crippen LogP contribution in [0.1, 0.15) is 27.4 Å². The van der Waals surface area contributed by atoms with E-state index in [2.05, 4.69) is 25.6 Å². The summed E-state index contributed by atoms with van der Waals surface area (Å²) in [5.74, 6) is -1.40. The lowest BCUT2D eigenvalue weighted by Gasteiger charge is -2.08. The molecule has 3 aromatic heterocycles. The molecule has 4 rings (SSSR count). The fourth-order valence-electron chi connectivity index (χ4n) is 3.17. The number of aromatic nitrogens is 7. The Balaban J connectivity index is 1.47. The average Bonchev–Trinajstić information content (AvgIpc) is 3.47. The first-order valence-electron chi connectivity index (χ1n) is 9.58. The molecule has 0 radical (unpaired) electrons. The molecule has 0 saturated heterocycles. The van der Waals surface area contributed by atoms with E-state index in [4.69, 9.17) is 11.6 Å². The molecule has 0 unspecified atom stereocenters. The monoisotopic (exact) mass is 473 g/mol. The number of aryl methyl sites for hydroxylation is 1. The third kappa shape index (κ3) is 4.72. The first-order chi connectivity index (χ1) is 15.7. The standard InChI is InChI=1S/C19H17ClFN9O3/c1-11-17(12(2)29(24-11)8-13-3-4-14(21)7-15(13)20)23-18(31)16-5-6-27(25-16)10-28-9-22-19(26-28)30(32)33/h3-7,9H,8,10H2,1-2H3,(H,23,31). The number of carbonyl (C=O) groups is 1. The zero-order valence-corrected chi connectivity index (χ0v) is 18.2. The number of hydrogen-bond donors (Lipinski definition) is 1. The highest BCUT2D eigenvalue weighted by Gasteiger charge is 2.19. The minimum absolute atomic E-state index is 0.0442. The van der Waals surface area contributed by atoms with Crippen molar-refractivity contribution in [2.75, 3.05) is 5.32 Å². The smallest absolute Gasteiger partial charge is 0.390 e. The third-order valence-corrected chi connectivity index (χ3v) is 5.16. The Hall–Kier alpha value is -4.13. The number of halogens is 2. The number of nitrogens with zero attached hydrogens (tertiary/aromatic N) is 8. The molecular formula is C19H17ClFN9O3. The summed E-state index contributed by atoms with van der Waals surface area (Å²) in [7, 11) is 0. The number of benzene rings is 1. The molecule has 0 atom stereocenters. The van der Waals surface area contributed by atoms with Crippen LogP contribution in [0.3, 0.4) is 0 Å². The second-order valence-electron chi connectivity index (χ2n) is 7.12. The van der Waals surface area contributed by atoms with Gasteiger partial charge in [0.25, 0.3) is 5.91 Å². The van der Waals surface area contributed by atoms with Crippen molar-refractivity contribution in [2.45, 2.75) is 27.1 Å². The molecule has 14 heteroatoms. The summed E-state index contributed by atoms with van der Waals surface area (Å²) in [5, 5.41) is 26.1. The van der Waals surface area contributed by atoms with Crippen molar-refractivity contribution >= 4 is 29.1 Å². The summed E-state index contributed by atoms with van der Waals surface area (Å²) in [5.41, 5.74) is 2.63. The zero-order chi connectivity index (χ0) is 23.7. The lowest BCUT2D eigenvalue weighted by atomic mass is 10.2. The van der Waals surface area contributed by atoms with Crippen LogP contribution >= 0.6 is 11.6 Å². The van der Waals surface area contributed by atoms with Crippen LogP contribution in [0.25, 0.3) is 0 Å². The molecule has 0 spiro atoms. The van der Waals surface area contributed by atoms with Crippen molar-refractivity contribution < 1.29 is 14.1 Å².